The highest BCUT2D eigenvalue weighted by atomic mass is 32.1. The summed E-state index contributed by atoms with van der Waals surface area (Å²) in [6.07, 6.45) is 0.598. The highest BCUT2D eigenvalue weighted by Crippen LogP contribution is 2.36. The molecule has 0 atom stereocenters. The van der Waals surface area contributed by atoms with Gasteiger partial charge in [0.2, 0.25) is 6.79 Å². The van der Waals surface area contributed by atoms with Crippen molar-refractivity contribution in [3.63, 3.8) is 0 Å². The first kappa shape index (κ1) is 10.6. The third kappa shape index (κ3) is 1.99. The van der Waals surface area contributed by atoms with E-state index in [4.69, 9.17) is 14.6 Å². The van der Waals surface area contributed by atoms with E-state index in [-0.39, 0.29) is 13.4 Å². The Morgan fingerprint density at radius 3 is 3.06 bits per heavy atom. The second kappa shape index (κ2) is 4.35. The molecule has 0 saturated carbocycles. The molecule has 1 aliphatic rings. The van der Waals surface area contributed by atoms with Crippen molar-refractivity contribution >= 4 is 11.3 Å². The highest BCUT2D eigenvalue weighted by Gasteiger charge is 2.15. The number of benzene rings is 1. The van der Waals surface area contributed by atoms with Crippen LogP contribution in [-0.2, 0) is 6.42 Å². The molecule has 0 aliphatic carbocycles. The Kier molecular flexibility index (Phi) is 2.70. The number of rotatable bonds is 3. The van der Waals surface area contributed by atoms with Crippen LogP contribution in [0.15, 0.2) is 23.6 Å². The Labute approximate surface area is 102 Å². The van der Waals surface area contributed by atoms with Gasteiger partial charge in [0.1, 0.15) is 5.01 Å². The molecule has 1 N–H and O–H groups in total. The molecule has 88 valence electrons. The molecule has 0 spiro atoms. The van der Waals surface area contributed by atoms with Gasteiger partial charge in [-0.3, -0.25) is 0 Å². The Morgan fingerprint density at radius 1 is 1.29 bits per heavy atom. The molecule has 0 amide bonds. The fraction of sp³-hybridized carbons (Fsp3) is 0.250. The van der Waals surface area contributed by atoms with E-state index in [1.165, 1.54) is 0 Å². The molecule has 2 heterocycles. The fourth-order valence-electron chi connectivity index (χ4n) is 1.70. The summed E-state index contributed by atoms with van der Waals surface area (Å²) in [6.45, 7) is 0.413. The number of hydrogen-bond acceptors (Lipinski definition) is 5. The van der Waals surface area contributed by atoms with Crippen LogP contribution in [0.4, 0.5) is 0 Å². The number of ether oxygens (including phenoxy) is 2. The number of hydrogen-bond donors (Lipinski definition) is 1. The van der Waals surface area contributed by atoms with Crippen molar-refractivity contribution < 1.29 is 14.6 Å². The minimum atomic E-state index is 0.129. The van der Waals surface area contributed by atoms with Crippen LogP contribution in [0.25, 0.3) is 10.6 Å². The van der Waals surface area contributed by atoms with Gasteiger partial charge >= 0.3 is 0 Å². The molecule has 4 nitrogen and oxygen atoms in total. The zero-order valence-electron chi connectivity index (χ0n) is 9.05. The van der Waals surface area contributed by atoms with E-state index in [0.29, 0.717) is 6.42 Å². The predicted molar refractivity (Wildman–Crippen MR) is 64.5 cm³/mol. The van der Waals surface area contributed by atoms with Crippen molar-refractivity contribution in [3.8, 4) is 22.1 Å². The number of nitrogens with zero attached hydrogens (tertiary/aromatic N) is 1. The van der Waals surface area contributed by atoms with Crippen LogP contribution in [0.3, 0.4) is 0 Å². The van der Waals surface area contributed by atoms with Gasteiger partial charge < -0.3 is 14.6 Å². The maximum atomic E-state index is 8.85. The van der Waals surface area contributed by atoms with Crippen molar-refractivity contribution in [2.24, 2.45) is 0 Å². The largest absolute Gasteiger partial charge is 0.454 e. The smallest absolute Gasteiger partial charge is 0.231 e. The minimum absolute atomic E-state index is 0.129. The summed E-state index contributed by atoms with van der Waals surface area (Å²) in [4.78, 5) is 4.46. The number of thiazole rings is 1. The predicted octanol–water partition coefficient (Wildman–Crippen LogP) is 2.07. The van der Waals surface area contributed by atoms with E-state index in [9.17, 15) is 0 Å². The standard InChI is InChI=1S/C12H11NO3S/c14-4-3-9-6-17-12(13-9)8-1-2-10-11(5-8)16-7-15-10/h1-2,5-6,14H,3-4,7H2. The maximum Gasteiger partial charge on any atom is 0.231 e. The zero-order chi connectivity index (χ0) is 11.7. The van der Waals surface area contributed by atoms with Crippen LogP contribution in [0.2, 0.25) is 0 Å². The Balaban J connectivity index is 1.92. The van der Waals surface area contributed by atoms with E-state index in [1.54, 1.807) is 11.3 Å². The van der Waals surface area contributed by atoms with E-state index in [2.05, 4.69) is 4.98 Å². The van der Waals surface area contributed by atoms with E-state index < -0.39 is 0 Å². The molecule has 1 aliphatic heterocycles. The molecule has 1 aromatic heterocycles. The first-order valence-electron chi connectivity index (χ1n) is 5.32. The molecule has 17 heavy (non-hydrogen) atoms. The molecule has 0 fully saturated rings. The summed E-state index contributed by atoms with van der Waals surface area (Å²) in [7, 11) is 0. The lowest BCUT2D eigenvalue weighted by Gasteiger charge is -1.99. The first-order chi connectivity index (χ1) is 8.36. The maximum absolute atomic E-state index is 8.85. The minimum Gasteiger partial charge on any atom is -0.454 e. The van der Waals surface area contributed by atoms with Gasteiger partial charge in [-0.15, -0.1) is 11.3 Å². The first-order valence-corrected chi connectivity index (χ1v) is 6.20. The second-order valence-corrected chi connectivity index (χ2v) is 4.54. The van der Waals surface area contributed by atoms with E-state index in [1.807, 2.05) is 23.6 Å². The lowest BCUT2D eigenvalue weighted by atomic mass is 10.2. The molecule has 0 saturated heterocycles. The average molecular weight is 249 g/mol. The van der Waals surface area contributed by atoms with E-state index in [0.717, 1.165) is 27.8 Å². The average Bonchev–Trinajstić information content (AvgIpc) is 2.96. The second-order valence-electron chi connectivity index (χ2n) is 3.69. The van der Waals surface area contributed by atoms with Gasteiger partial charge in [0.25, 0.3) is 0 Å². The van der Waals surface area contributed by atoms with Crippen molar-refractivity contribution in [2.75, 3.05) is 13.4 Å². The Bertz CT molecular complexity index is 538. The fourth-order valence-corrected chi connectivity index (χ4v) is 2.55. The summed E-state index contributed by atoms with van der Waals surface area (Å²) in [6, 6.07) is 5.80. The van der Waals surface area contributed by atoms with E-state index >= 15 is 0 Å². The third-order valence-electron chi connectivity index (χ3n) is 2.54. The summed E-state index contributed by atoms with van der Waals surface area (Å²) < 4.78 is 10.6. The number of aliphatic hydroxyl groups is 1. The lowest BCUT2D eigenvalue weighted by molar-refractivity contribution is 0.174. The van der Waals surface area contributed by atoms with Crippen LogP contribution >= 0.6 is 11.3 Å². The zero-order valence-corrected chi connectivity index (χ0v) is 9.87. The van der Waals surface area contributed by atoms with Crippen LogP contribution in [-0.4, -0.2) is 23.5 Å². The van der Waals surface area contributed by atoms with Crippen molar-refractivity contribution in [1.82, 2.24) is 4.98 Å². The Hall–Kier alpha value is -1.59. The van der Waals surface area contributed by atoms with Gasteiger partial charge in [-0.25, -0.2) is 4.98 Å². The van der Waals surface area contributed by atoms with Crippen LogP contribution in [0, 0.1) is 0 Å². The van der Waals surface area contributed by atoms with Crippen LogP contribution in [0.5, 0.6) is 11.5 Å². The van der Waals surface area contributed by atoms with Gasteiger partial charge in [0, 0.05) is 24.0 Å². The molecule has 5 heteroatoms. The monoisotopic (exact) mass is 249 g/mol. The molecular formula is C12H11NO3S. The SMILES string of the molecule is OCCc1csc(-c2ccc3c(c2)OCO3)n1. The molecule has 1 aromatic carbocycles. The van der Waals surface area contributed by atoms with Gasteiger partial charge in [-0.1, -0.05) is 0 Å². The molecule has 3 rings (SSSR count). The molecule has 0 unspecified atom stereocenters. The molecule has 2 aromatic rings. The number of aliphatic hydroxyl groups excluding tert-OH is 1. The van der Waals surface area contributed by atoms with Crippen LogP contribution in [0.1, 0.15) is 5.69 Å². The highest BCUT2D eigenvalue weighted by molar-refractivity contribution is 7.13. The Morgan fingerprint density at radius 2 is 2.18 bits per heavy atom. The topological polar surface area (TPSA) is 51.6 Å². The molecule has 0 bridgehead atoms. The normalized spacial score (nSPS) is 13.0. The summed E-state index contributed by atoms with van der Waals surface area (Å²) in [5, 5.41) is 11.8. The van der Waals surface area contributed by atoms with Gasteiger partial charge in [-0.05, 0) is 18.2 Å². The number of fused-ring (bicyclic) bond motifs is 1. The molecule has 0 radical (unpaired) electrons. The van der Waals surface area contributed by atoms with Gasteiger partial charge in [-0.2, -0.15) is 0 Å². The van der Waals surface area contributed by atoms with Crippen molar-refractivity contribution in [2.45, 2.75) is 6.42 Å². The number of aromatic nitrogens is 1. The third-order valence-corrected chi connectivity index (χ3v) is 3.48. The lowest BCUT2D eigenvalue weighted by Crippen LogP contribution is -1.92. The van der Waals surface area contributed by atoms with Crippen molar-refractivity contribution in [1.29, 1.82) is 0 Å². The van der Waals surface area contributed by atoms with Gasteiger partial charge in [0.05, 0.1) is 5.69 Å². The van der Waals surface area contributed by atoms with Crippen LogP contribution < -0.4 is 9.47 Å². The quantitative estimate of drug-likeness (QED) is 0.904. The van der Waals surface area contributed by atoms with Gasteiger partial charge in [0.15, 0.2) is 11.5 Å². The summed E-state index contributed by atoms with van der Waals surface area (Å²) >= 11 is 1.57. The summed E-state index contributed by atoms with van der Waals surface area (Å²) in [5.41, 5.74) is 1.94. The van der Waals surface area contributed by atoms with Crippen molar-refractivity contribution in [3.05, 3.63) is 29.3 Å². The summed E-state index contributed by atoms with van der Waals surface area (Å²) in [5.74, 6) is 1.54. The molecular weight excluding hydrogens is 238 g/mol.